The van der Waals surface area contributed by atoms with Gasteiger partial charge in [0.25, 0.3) is 5.91 Å². The summed E-state index contributed by atoms with van der Waals surface area (Å²) >= 11 is 0. The van der Waals surface area contributed by atoms with Crippen molar-refractivity contribution < 1.29 is 9.53 Å². The molecule has 0 saturated heterocycles. The summed E-state index contributed by atoms with van der Waals surface area (Å²) in [5.74, 6) is 1.23. The van der Waals surface area contributed by atoms with E-state index in [4.69, 9.17) is 4.74 Å². The van der Waals surface area contributed by atoms with E-state index in [0.29, 0.717) is 5.75 Å². The molecule has 4 nitrogen and oxygen atoms in total. The quantitative estimate of drug-likeness (QED) is 0.782. The Kier molecular flexibility index (Phi) is 5.73. The third kappa shape index (κ3) is 4.86. The summed E-state index contributed by atoms with van der Waals surface area (Å²) in [6.07, 6.45) is 5.33. The van der Waals surface area contributed by atoms with Crippen LogP contribution >= 0.6 is 0 Å². The second-order valence-corrected chi connectivity index (χ2v) is 6.43. The van der Waals surface area contributed by atoms with Gasteiger partial charge in [0, 0.05) is 11.3 Å². The van der Waals surface area contributed by atoms with Gasteiger partial charge in [-0.1, -0.05) is 61.5 Å². The number of hydrazine groups is 1. The normalized spacial score (nSPS) is 16.7. The van der Waals surface area contributed by atoms with E-state index in [-0.39, 0.29) is 12.5 Å². The molecule has 0 saturated carbocycles. The summed E-state index contributed by atoms with van der Waals surface area (Å²) in [6, 6.07) is 17.8. The van der Waals surface area contributed by atoms with Gasteiger partial charge in [-0.3, -0.25) is 10.2 Å². The molecule has 0 unspecified atom stereocenters. The Morgan fingerprint density at radius 3 is 2.64 bits per heavy atom. The van der Waals surface area contributed by atoms with Gasteiger partial charge in [0.15, 0.2) is 6.61 Å². The number of hydrogen-bond acceptors (Lipinski definition) is 3. The fourth-order valence-electron chi connectivity index (χ4n) is 2.86. The first-order valence-electron chi connectivity index (χ1n) is 8.73. The third-order valence-electron chi connectivity index (χ3n) is 4.37. The molecule has 1 aliphatic rings. The Morgan fingerprint density at radius 1 is 1.12 bits per heavy atom. The molecule has 130 valence electrons. The number of hydrogen-bond donors (Lipinski definition) is 2. The lowest BCUT2D eigenvalue weighted by molar-refractivity contribution is -0.123. The molecule has 0 radical (unpaired) electrons. The van der Waals surface area contributed by atoms with Crippen molar-refractivity contribution >= 4 is 5.91 Å². The Balaban J connectivity index is 1.54. The average molecular weight is 336 g/mol. The van der Waals surface area contributed by atoms with Crippen molar-refractivity contribution in [2.75, 3.05) is 6.61 Å². The second-order valence-electron chi connectivity index (χ2n) is 6.43. The van der Waals surface area contributed by atoms with Crippen LogP contribution in [-0.2, 0) is 4.79 Å². The van der Waals surface area contributed by atoms with E-state index < -0.39 is 0 Å². The first-order valence-corrected chi connectivity index (χ1v) is 8.73. The van der Waals surface area contributed by atoms with Gasteiger partial charge < -0.3 is 10.2 Å². The number of rotatable bonds is 6. The number of para-hydroxylation sites is 1. The van der Waals surface area contributed by atoms with Crippen LogP contribution in [0.1, 0.15) is 26.2 Å². The highest BCUT2D eigenvalue weighted by molar-refractivity contribution is 5.78. The summed E-state index contributed by atoms with van der Waals surface area (Å²) < 4.78 is 5.74. The maximum absolute atomic E-state index is 12.0. The molecular formula is C21H24N2O2. The van der Waals surface area contributed by atoms with Crippen LogP contribution in [0.3, 0.4) is 0 Å². The lowest BCUT2D eigenvalue weighted by atomic mass is 9.95. The number of allylic oxidation sites excluding steroid dienone is 2. The SMILES string of the molecule is C[C@@H]1CC=C(NNC(=O)COc2ccccc2-c2ccccc2)CC1. The molecule has 2 aromatic rings. The van der Waals surface area contributed by atoms with Crippen LogP contribution in [0.25, 0.3) is 11.1 Å². The van der Waals surface area contributed by atoms with Gasteiger partial charge in [-0.25, -0.2) is 0 Å². The van der Waals surface area contributed by atoms with Crippen molar-refractivity contribution in [3.8, 4) is 16.9 Å². The van der Waals surface area contributed by atoms with Gasteiger partial charge in [-0.2, -0.15) is 0 Å². The number of benzene rings is 2. The van der Waals surface area contributed by atoms with E-state index in [1.54, 1.807) is 0 Å². The first-order chi connectivity index (χ1) is 12.2. The molecule has 0 heterocycles. The topological polar surface area (TPSA) is 50.4 Å². The van der Waals surface area contributed by atoms with Gasteiger partial charge >= 0.3 is 0 Å². The number of carbonyl (C=O) groups is 1. The Bertz CT molecular complexity index is 741. The highest BCUT2D eigenvalue weighted by Crippen LogP contribution is 2.29. The molecule has 0 fully saturated rings. The summed E-state index contributed by atoms with van der Waals surface area (Å²) in [7, 11) is 0. The zero-order valence-electron chi connectivity index (χ0n) is 14.5. The summed E-state index contributed by atoms with van der Waals surface area (Å²) in [6.45, 7) is 2.21. The Labute approximate surface area is 148 Å². The van der Waals surface area contributed by atoms with Gasteiger partial charge in [-0.05, 0) is 36.8 Å². The molecule has 3 rings (SSSR count). The maximum Gasteiger partial charge on any atom is 0.276 e. The average Bonchev–Trinajstić information content (AvgIpc) is 2.67. The molecule has 1 atom stereocenters. The predicted molar refractivity (Wildman–Crippen MR) is 99.7 cm³/mol. The van der Waals surface area contributed by atoms with Crippen LogP contribution in [0, 0.1) is 5.92 Å². The van der Waals surface area contributed by atoms with Crippen molar-refractivity contribution in [2.45, 2.75) is 26.2 Å². The van der Waals surface area contributed by atoms with Crippen LogP contribution in [0.4, 0.5) is 0 Å². The van der Waals surface area contributed by atoms with E-state index in [2.05, 4.69) is 23.9 Å². The molecule has 0 spiro atoms. The lowest BCUT2D eigenvalue weighted by Crippen LogP contribution is -2.40. The minimum absolute atomic E-state index is 0.0273. The second kappa shape index (κ2) is 8.38. The fraction of sp³-hybridized carbons (Fsp3) is 0.286. The van der Waals surface area contributed by atoms with Crippen molar-refractivity contribution in [3.05, 3.63) is 66.4 Å². The standard InChI is InChI=1S/C21H24N2O2/c1-16-11-13-18(14-12-16)22-23-21(24)15-25-20-10-6-5-9-19(20)17-7-3-2-4-8-17/h2-10,13,16,22H,11-12,14-15H2,1H3,(H,23,24)/t16-/m1/s1. The Morgan fingerprint density at radius 2 is 1.88 bits per heavy atom. The van der Waals surface area contributed by atoms with E-state index in [1.165, 1.54) is 0 Å². The molecule has 1 aliphatic carbocycles. The van der Waals surface area contributed by atoms with E-state index >= 15 is 0 Å². The Hall–Kier alpha value is -2.75. The number of carbonyl (C=O) groups excluding carboxylic acids is 1. The molecular weight excluding hydrogens is 312 g/mol. The van der Waals surface area contributed by atoms with Gasteiger partial charge in [0.05, 0.1) is 0 Å². The van der Waals surface area contributed by atoms with Crippen molar-refractivity contribution in [1.29, 1.82) is 0 Å². The van der Waals surface area contributed by atoms with E-state index in [9.17, 15) is 4.79 Å². The van der Waals surface area contributed by atoms with Crippen molar-refractivity contribution in [2.24, 2.45) is 5.92 Å². The van der Waals surface area contributed by atoms with E-state index in [1.807, 2.05) is 54.6 Å². The van der Waals surface area contributed by atoms with Crippen LogP contribution in [0.2, 0.25) is 0 Å². The molecule has 2 aromatic carbocycles. The highest BCUT2D eigenvalue weighted by atomic mass is 16.5. The van der Waals surface area contributed by atoms with Crippen LogP contribution < -0.4 is 15.6 Å². The van der Waals surface area contributed by atoms with Gasteiger partial charge in [0.1, 0.15) is 5.75 Å². The molecule has 0 bridgehead atoms. The van der Waals surface area contributed by atoms with Crippen LogP contribution in [0.15, 0.2) is 66.4 Å². The minimum Gasteiger partial charge on any atom is -0.483 e. The van der Waals surface area contributed by atoms with Crippen LogP contribution in [0.5, 0.6) is 5.75 Å². The first kappa shape index (κ1) is 17.1. The van der Waals surface area contributed by atoms with Gasteiger partial charge in [0.2, 0.25) is 0 Å². The highest BCUT2D eigenvalue weighted by Gasteiger charge is 2.11. The number of amides is 1. The fourth-order valence-corrected chi connectivity index (χ4v) is 2.86. The monoisotopic (exact) mass is 336 g/mol. The molecule has 25 heavy (non-hydrogen) atoms. The smallest absolute Gasteiger partial charge is 0.276 e. The number of nitrogens with one attached hydrogen (secondary N) is 2. The molecule has 0 aliphatic heterocycles. The molecule has 1 amide bonds. The predicted octanol–water partition coefficient (Wildman–Crippen LogP) is 4.06. The van der Waals surface area contributed by atoms with Gasteiger partial charge in [-0.15, -0.1) is 0 Å². The lowest BCUT2D eigenvalue weighted by Gasteiger charge is -2.20. The largest absolute Gasteiger partial charge is 0.483 e. The van der Waals surface area contributed by atoms with E-state index in [0.717, 1.165) is 42.0 Å². The molecule has 2 N–H and O–H groups in total. The zero-order valence-corrected chi connectivity index (χ0v) is 14.5. The maximum atomic E-state index is 12.0. The summed E-state index contributed by atoms with van der Waals surface area (Å²) in [5.41, 5.74) is 8.85. The summed E-state index contributed by atoms with van der Waals surface area (Å²) in [4.78, 5) is 12.0. The zero-order chi connectivity index (χ0) is 17.5. The van der Waals surface area contributed by atoms with Crippen molar-refractivity contribution in [1.82, 2.24) is 10.9 Å². The third-order valence-corrected chi connectivity index (χ3v) is 4.37. The number of ether oxygens (including phenoxy) is 1. The molecule has 4 heteroatoms. The van der Waals surface area contributed by atoms with Crippen molar-refractivity contribution in [3.63, 3.8) is 0 Å². The summed E-state index contributed by atoms with van der Waals surface area (Å²) in [5, 5.41) is 0. The minimum atomic E-state index is -0.192. The molecule has 0 aromatic heterocycles. The van der Waals surface area contributed by atoms with Crippen LogP contribution in [-0.4, -0.2) is 12.5 Å².